The standard InChI is InChI=1S/C25H21BrN2O3/c1-15-4-3-5-18(12-15)22-21(23(29)19-6-7-20(26)16(2)13-19)24(30)25(31)28(22)14-17-8-10-27-11-9-17/h3-13,22,29H,14H2,1-2H3/b23-21-. The molecule has 1 unspecified atom stereocenters. The summed E-state index contributed by atoms with van der Waals surface area (Å²) in [6, 6.07) is 15.9. The Morgan fingerprint density at radius 1 is 1.06 bits per heavy atom. The second-order valence-electron chi connectivity index (χ2n) is 7.66. The van der Waals surface area contributed by atoms with Crippen molar-refractivity contribution in [2.24, 2.45) is 0 Å². The summed E-state index contributed by atoms with van der Waals surface area (Å²) in [5, 5.41) is 11.2. The highest BCUT2D eigenvalue weighted by Crippen LogP contribution is 2.40. The molecule has 1 saturated heterocycles. The van der Waals surface area contributed by atoms with Gasteiger partial charge in [-0.15, -0.1) is 0 Å². The second-order valence-corrected chi connectivity index (χ2v) is 8.51. The lowest BCUT2D eigenvalue weighted by Gasteiger charge is -2.25. The van der Waals surface area contributed by atoms with Gasteiger partial charge in [-0.25, -0.2) is 0 Å². The Bertz CT molecular complexity index is 1200. The number of carbonyl (C=O) groups is 2. The average molecular weight is 477 g/mol. The zero-order valence-corrected chi connectivity index (χ0v) is 18.8. The number of hydrogen-bond acceptors (Lipinski definition) is 4. The molecule has 1 aromatic heterocycles. The number of rotatable bonds is 4. The first-order valence-electron chi connectivity index (χ1n) is 9.87. The van der Waals surface area contributed by atoms with Gasteiger partial charge in [0.25, 0.3) is 11.7 Å². The predicted molar refractivity (Wildman–Crippen MR) is 122 cm³/mol. The van der Waals surface area contributed by atoms with Crippen molar-refractivity contribution in [2.45, 2.75) is 26.4 Å². The number of benzene rings is 2. The number of Topliss-reactive ketones (excluding diaryl/α,β-unsaturated/α-hetero) is 1. The summed E-state index contributed by atoms with van der Waals surface area (Å²) in [6.07, 6.45) is 3.30. The van der Waals surface area contributed by atoms with Crippen molar-refractivity contribution < 1.29 is 14.7 Å². The van der Waals surface area contributed by atoms with E-state index in [2.05, 4.69) is 20.9 Å². The number of halogens is 1. The number of amides is 1. The molecule has 1 atom stereocenters. The Morgan fingerprint density at radius 3 is 2.48 bits per heavy atom. The third-order valence-corrected chi connectivity index (χ3v) is 6.32. The lowest BCUT2D eigenvalue weighted by molar-refractivity contribution is -0.140. The summed E-state index contributed by atoms with van der Waals surface area (Å²) in [5.41, 5.74) is 4.16. The van der Waals surface area contributed by atoms with E-state index in [9.17, 15) is 14.7 Å². The van der Waals surface area contributed by atoms with Crippen molar-refractivity contribution in [1.82, 2.24) is 9.88 Å². The maximum absolute atomic E-state index is 13.1. The molecule has 0 spiro atoms. The first-order chi connectivity index (χ1) is 14.9. The number of aromatic nitrogens is 1. The third-order valence-electron chi connectivity index (χ3n) is 5.43. The molecule has 1 aliphatic heterocycles. The van der Waals surface area contributed by atoms with E-state index in [1.807, 2.05) is 56.3 Å². The largest absolute Gasteiger partial charge is 0.507 e. The molecule has 156 valence electrons. The highest BCUT2D eigenvalue weighted by atomic mass is 79.9. The Hall–Kier alpha value is -3.25. The fourth-order valence-electron chi connectivity index (χ4n) is 3.86. The van der Waals surface area contributed by atoms with Gasteiger partial charge in [0.2, 0.25) is 0 Å². The van der Waals surface area contributed by atoms with Crippen molar-refractivity contribution in [2.75, 3.05) is 0 Å². The molecular formula is C25H21BrN2O3. The van der Waals surface area contributed by atoms with Gasteiger partial charge in [-0.1, -0.05) is 51.8 Å². The number of hydrogen-bond donors (Lipinski definition) is 1. The molecule has 1 aliphatic rings. The molecule has 2 aromatic carbocycles. The van der Waals surface area contributed by atoms with Gasteiger partial charge in [-0.2, -0.15) is 0 Å². The molecule has 0 aliphatic carbocycles. The fraction of sp³-hybridized carbons (Fsp3) is 0.160. The molecule has 1 N–H and O–H groups in total. The van der Waals surface area contributed by atoms with E-state index in [0.717, 1.165) is 26.7 Å². The monoisotopic (exact) mass is 476 g/mol. The van der Waals surface area contributed by atoms with Crippen LogP contribution in [0.5, 0.6) is 0 Å². The van der Waals surface area contributed by atoms with E-state index in [-0.39, 0.29) is 17.9 Å². The van der Waals surface area contributed by atoms with Gasteiger partial charge in [0.1, 0.15) is 5.76 Å². The number of carbonyl (C=O) groups excluding carboxylic acids is 2. The van der Waals surface area contributed by atoms with Crippen LogP contribution < -0.4 is 0 Å². The summed E-state index contributed by atoms with van der Waals surface area (Å²) >= 11 is 3.45. The van der Waals surface area contributed by atoms with Crippen LogP contribution in [0.1, 0.15) is 33.9 Å². The Morgan fingerprint density at radius 2 is 1.81 bits per heavy atom. The molecule has 0 radical (unpaired) electrons. The van der Waals surface area contributed by atoms with Crippen molar-refractivity contribution in [3.63, 3.8) is 0 Å². The van der Waals surface area contributed by atoms with Crippen molar-refractivity contribution in [3.05, 3.63) is 105 Å². The molecule has 4 rings (SSSR count). The Labute approximate surface area is 189 Å². The highest BCUT2D eigenvalue weighted by Gasteiger charge is 2.46. The molecule has 0 bridgehead atoms. The van der Waals surface area contributed by atoms with Gasteiger partial charge in [-0.3, -0.25) is 14.6 Å². The molecule has 6 heteroatoms. The minimum Gasteiger partial charge on any atom is -0.507 e. The van der Waals surface area contributed by atoms with Gasteiger partial charge < -0.3 is 10.0 Å². The zero-order valence-electron chi connectivity index (χ0n) is 17.2. The summed E-state index contributed by atoms with van der Waals surface area (Å²) in [5.74, 6) is -1.48. The van der Waals surface area contributed by atoms with Crippen molar-refractivity contribution in [3.8, 4) is 0 Å². The van der Waals surface area contributed by atoms with Gasteiger partial charge in [0.05, 0.1) is 11.6 Å². The van der Waals surface area contributed by atoms with Crippen LogP contribution in [0.4, 0.5) is 0 Å². The molecule has 31 heavy (non-hydrogen) atoms. The second kappa shape index (κ2) is 8.47. The summed E-state index contributed by atoms with van der Waals surface area (Å²) in [4.78, 5) is 31.7. The summed E-state index contributed by atoms with van der Waals surface area (Å²) in [6.45, 7) is 4.10. The van der Waals surface area contributed by atoms with E-state index in [4.69, 9.17) is 0 Å². The first-order valence-corrected chi connectivity index (χ1v) is 10.7. The minimum absolute atomic E-state index is 0.103. The number of aliphatic hydroxyl groups is 1. The molecule has 1 fully saturated rings. The van der Waals surface area contributed by atoms with Crippen LogP contribution in [0.25, 0.3) is 5.76 Å². The van der Waals surface area contributed by atoms with E-state index >= 15 is 0 Å². The maximum atomic E-state index is 13.1. The quantitative estimate of drug-likeness (QED) is 0.323. The Kier molecular flexibility index (Phi) is 5.74. The Balaban J connectivity index is 1.88. The van der Waals surface area contributed by atoms with E-state index in [0.29, 0.717) is 5.56 Å². The third kappa shape index (κ3) is 4.03. The highest BCUT2D eigenvalue weighted by molar-refractivity contribution is 9.10. The predicted octanol–water partition coefficient (Wildman–Crippen LogP) is 5.08. The van der Waals surface area contributed by atoms with Crippen LogP contribution >= 0.6 is 15.9 Å². The molecule has 2 heterocycles. The SMILES string of the molecule is Cc1cccc(C2/C(=C(/O)c3ccc(Br)c(C)c3)C(=O)C(=O)N2Cc2ccncc2)c1. The number of likely N-dealkylation sites (tertiary alicyclic amines) is 1. The van der Waals surface area contributed by atoms with E-state index in [1.54, 1.807) is 24.5 Å². The van der Waals surface area contributed by atoms with Gasteiger partial charge in [0, 0.05) is 29.0 Å². The maximum Gasteiger partial charge on any atom is 0.295 e. The number of ketones is 1. The molecular weight excluding hydrogens is 456 g/mol. The van der Waals surface area contributed by atoms with Gasteiger partial charge >= 0.3 is 0 Å². The van der Waals surface area contributed by atoms with Crippen molar-refractivity contribution in [1.29, 1.82) is 0 Å². The molecule has 3 aromatic rings. The number of aliphatic hydroxyl groups excluding tert-OH is 1. The van der Waals surface area contributed by atoms with E-state index in [1.165, 1.54) is 4.90 Å². The lowest BCUT2D eigenvalue weighted by Crippen LogP contribution is -2.29. The van der Waals surface area contributed by atoms with Gasteiger partial charge in [0.15, 0.2) is 0 Å². The normalized spacial score (nSPS) is 17.9. The number of aryl methyl sites for hydroxylation is 2. The van der Waals surface area contributed by atoms with Gasteiger partial charge in [-0.05, 0) is 54.8 Å². The minimum atomic E-state index is -0.683. The first kappa shape index (κ1) is 21.0. The van der Waals surface area contributed by atoms with E-state index < -0.39 is 17.7 Å². The fourth-order valence-corrected chi connectivity index (χ4v) is 4.11. The molecule has 0 saturated carbocycles. The topological polar surface area (TPSA) is 70.5 Å². The summed E-state index contributed by atoms with van der Waals surface area (Å²) in [7, 11) is 0. The molecule has 5 nitrogen and oxygen atoms in total. The smallest absolute Gasteiger partial charge is 0.295 e. The van der Waals surface area contributed by atoms with Crippen LogP contribution in [-0.4, -0.2) is 26.7 Å². The zero-order chi connectivity index (χ0) is 22.1. The lowest BCUT2D eigenvalue weighted by atomic mass is 9.94. The average Bonchev–Trinajstić information content (AvgIpc) is 3.01. The van der Waals surface area contributed by atoms with Crippen LogP contribution in [-0.2, 0) is 16.1 Å². The molecule has 1 amide bonds. The number of nitrogens with zero attached hydrogens (tertiary/aromatic N) is 2. The van der Waals surface area contributed by atoms with Crippen LogP contribution in [0.2, 0.25) is 0 Å². The number of pyridine rings is 1. The van der Waals surface area contributed by atoms with Crippen LogP contribution in [0.15, 0.2) is 77.0 Å². The van der Waals surface area contributed by atoms with Crippen LogP contribution in [0.3, 0.4) is 0 Å². The summed E-state index contributed by atoms with van der Waals surface area (Å²) < 4.78 is 0.900. The van der Waals surface area contributed by atoms with Crippen molar-refractivity contribution >= 4 is 33.4 Å². The van der Waals surface area contributed by atoms with Crippen LogP contribution in [0, 0.1) is 13.8 Å².